The van der Waals surface area contributed by atoms with Crippen LogP contribution < -0.4 is 5.32 Å². The molecule has 2 N–H and O–H groups in total. The molecule has 1 heterocycles. The number of nitrogens with one attached hydrogen (secondary N) is 1. The second kappa shape index (κ2) is 9.21. The van der Waals surface area contributed by atoms with Crippen molar-refractivity contribution in [2.45, 2.75) is 24.8 Å². The van der Waals surface area contributed by atoms with E-state index in [0.717, 1.165) is 28.3 Å². The Kier molecular flexibility index (Phi) is 5.94. The van der Waals surface area contributed by atoms with Crippen molar-refractivity contribution in [1.29, 1.82) is 0 Å². The number of carbonyl (C=O) groups excluding carboxylic acids is 2. The topological polar surface area (TPSA) is 95.9 Å². The zero-order chi connectivity index (χ0) is 24.5. The van der Waals surface area contributed by atoms with Gasteiger partial charge in [0, 0.05) is 18.0 Å². The highest BCUT2D eigenvalue weighted by Crippen LogP contribution is 2.44. The SMILES string of the molecule is O=C(Nc1ccc(C(=O)N2CCC[C@@H]2C(=O)O)cc1F)OCC1c2ccccc2-c2ccccc21. The molecule has 3 aromatic carbocycles. The van der Waals surface area contributed by atoms with Crippen molar-refractivity contribution in [2.24, 2.45) is 0 Å². The lowest BCUT2D eigenvalue weighted by molar-refractivity contribution is -0.141. The van der Waals surface area contributed by atoms with Gasteiger partial charge >= 0.3 is 12.1 Å². The van der Waals surface area contributed by atoms with Crippen LogP contribution in [-0.4, -0.2) is 47.2 Å². The van der Waals surface area contributed by atoms with Gasteiger partial charge in [-0.3, -0.25) is 10.1 Å². The zero-order valence-corrected chi connectivity index (χ0v) is 18.7. The first kappa shape index (κ1) is 22.6. The van der Waals surface area contributed by atoms with Gasteiger partial charge in [-0.2, -0.15) is 0 Å². The second-order valence-electron chi connectivity index (χ2n) is 8.64. The van der Waals surface area contributed by atoms with Crippen LogP contribution in [0.2, 0.25) is 0 Å². The average molecular weight is 474 g/mol. The normalized spacial score (nSPS) is 16.5. The lowest BCUT2D eigenvalue weighted by Crippen LogP contribution is -2.40. The standard InChI is InChI=1S/C27H23FN2O5/c28-22-14-16(25(31)30-13-5-10-24(30)26(32)33)11-12-23(22)29-27(34)35-15-21-19-8-3-1-6-17(19)18-7-2-4-9-20(18)21/h1-4,6-9,11-12,14,21,24H,5,10,13,15H2,(H,29,34)(H,32,33)/t24-/m1/s1. The van der Waals surface area contributed by atoms with Gasteiger partial charge in [-0.1, -0.05) is 48.5 Å². The van der Waals surface area contributed by atoms with Gasteiger partial charge in [0.2, 0.25) is 0 Å². The van der Waals surface area contributed by atoms with Crippen molar-refractivity contribution in [3.8, 4) is 11.1 Å². The summed E-state index contributed by atoms with van der Waals surface area (Å²) in [6.45, 7) is 0.390. The molecule has 35 heavy (non-hydrogen) atoms. The first-order valence-corrected chi connectivity index (χ1v) is 11.4. The zero-order valence-electron chi connectivity index (χ0n) is 18.7. The number of benzene rings is 3. The minimum absolute atomic E-state index is 0.0220. The van der Waals surface area contributed by atoms with Gasteiger partial charge in [0.05, 0.1) is 5.69 Å². The molecule has 0 saturated carbocycles. The number of anilines is 1. The molecule has 0 radical (unpaired) electrons. The van der Waals surface area contributed by atoms with Gasteiger partial charge in [0.25, 0.3) is 5.91 Å². The van der Waals surface area contributed by atoms with Gasteiger partial charge in [0.15, 0.2) is 0 Å². The Bertz CT molecular complexity index is 1280. The van der Waals surface area contributed by atoms with Crippen LogP contribution in [0, 0.1) is 5.82 Å². The molecular formula is C27H23FN2O5. The van der Waals surface area contributed by atoms with Gasteiger partial charge < -0.3 is 14.7 Å². The fraction of sp³-hybridized carbons (Fsp3) is 0.222. The molecule has 1 aliphatic heterocycles. The van der Waals surface area contributed by atoms with Crippen molar-refractivity contribution in [1.82, 2.24) is 4.90 Å². The van der Waals surface area contributed by atoms with Crippen LogP contribution in [0.15, 0.2) is 66.7 Å². The summed E-state index contributed by atoms with van der Waals surface area (Å²) in [5, 5.41) is 11.7. The maximum absolute atomic E-state index is 14.7. The smallest absolute Gasteiger partial charge is 0.411 e. The maximum Gasteiger partial charge on any atom is 0.411 e. The summed E-state index contributed by atoms with van der Waals surface area (Å²) in [6.07, 6.45) is 0.132. The van der Waals surface area contributed by atoms with Crippen molar-refractivity contribution in [2.75, 3.05) is 18.5 Å². The first-order valence-electron chi connectivity index (χ1n) is 11.4. The molecule has 178 valence electrons. The van der Waals surface area contributed by atoms with Crippen molar-refractivity contribution >= 4 is 23.7 Å². The minimum Gasteiger partial charge on any atom is -0.480 e. The maximum atomic E-state index is 14.7. The largest absolute Gasteiger partial charge is 0.480 e. The van der Waals surface area contributed by atoms with E-state index in [1.165, 1.54) is 17.0 Å². The number of carboxylic acids is 1. The van der Waals surface area contributed by atoms with Gasteiger partial charge in [0.1, 0.15) is 18.5 Å². The number of likely N-dealkylation sites (tertiary alicyclic amines) is 1. The van der Waals surface area contributed by atoms with E-state index in [-0.39, 0.29) is 23.8 Å². The highest BCUT2D eigenvalue weighted by molar-refractivity contribution is 5.97. The molecule has 1 fully saturated rings. The Morgan fingerprint density at radius 3 is 2.29 bits per heavy atom. The number of aliphatic carboxylic acids is 1. The van der Waals surface area contributed by atoms with Crippen LogP contribution in [0.5, 0.6) is 0 Å². The summed E-state index contributed by atoms with van der Waals surface area (Å²) in [5.41, 5.74) is 4.23. The van der Waals surface area contributed by atoms with Gasteiger partial charge in [-0.15, -0.1) is 0 Å². The molecule has 3 aromatic rings. The molecular weight excluding hydrogens is 451 g/mol. The number of rotatable bonds is 5. The number of hydrogen-bond donors (Lipinski definition) is 2. The molecule has 8 heteroatoms. The van der Waals surface area contributed by atoms with E-state index < -0.39 is 29.8 Å². The highest BCUT2D eigenvalue weighted by Gasteiger charge is 2.34. The van der Waals surface area contributed by atoms with Crippen LogP contribution >= 0.6 is 0 Å². The minimum atomic E-state index is -1.08. The Morgan fingerprint density at radius 1 is 1.00 bits per heavy atom. The number of halogens is 1. The van der Waals surface area contributed by atoms with E-state index in [1.807, 2.05) is 48.5 Å². The molecule has 0 spiro atoms. The van der Waals surface area contributed by atoms with Crippen LogP contribution in [0.1, 0.15) is 40.2 Å². The summed E-state index contributed by atoms with van der Waals surface area (Å²) >= 11 is 0. The summed E-state index contributed by atoms with van der Waals surface area (Å²) < 4.78 is 20.1. The quantitative estimate of drug-likeness (QED) is 0.550. The molecule has 1 aliphatic carbocycles. The Hall–Kier alpha value is -4.20. The van der Waals surface area contributed by atoms with E-state index in [2.05, 4.69) is 5.32 Å². The predicted molar refractivity (Wildman–Crippen MR) is 127 cm³/mol. The van der Waals surface area contributed by atoms with E-state index in [9.17, 15) is 23.9 Å². The third kappa shape index (κ3) is 4.23. The molecule has 1 saturated heterocycles. The van der Waals surface area contributed by atoms with Crippen LogP contribution in [-0.2, 0) is 9.53 Å². The van der Waals surface area contributed by atoms with Crippen LogP contribution in [0.25, 0.3) is 11.1 Å². The molecule has 2 aliphatic rings. The number of amides is 2. The van der Waals surface area contributed by atoms with Crippen molar-refractivity contribution in [3.05, 3.63) is 89.2 Å². The number of nitrogens with zero attached hydrogens (tertiary/aromatic N) is 1. The molecule has 5 rings (SSSR count). The summed E-state index contributed by atoms with van der Waals surface area (Å²) in [6, 6.07) is 18.6. The molecule has 0 aromatic heterocycles. The molecule has 0 unspecified atom stereocenters. The van der Waals surface area contributed by atoms with Crippen molar-refractivity contribution in [3.63, 3.8) is 0 Å². The fourth-order valence-electron chi connectivity index (χ4n) is 4.93. The summed E-state index contributed by atoms with van der Waals surface area (Å²) in [5.74, 6) is -2.57. The van der Waals surface area contributed by atoms with Crippen LogP contribution in [0.4, 0.5) is 14.9 Å². The van der Waals surface area contributed by atoms with Crippen LogP contribution in [0.3, 0.4) is 0 Å². The third-order valence-electron chi connectivity index (χ3n) is 6.60. The number of carboxylic acid groups (broad SMARTS) is 1. The number of fused-ring (bicyclic) bond motifs is 3. The van der Waals surface area contributed by atoms with Crippen molar-refractivity contribution < 1.29 is 28.6 Å². The number of hydrogen-bond acceptors (Lipinski definition) is 4. The summed E-state index contributed by atoms with van der Waals surface area (Å²) in [7, 11) is 0. The Morgan fingerprint density at radius 2 is 1.66 bits per heavy atom. The lowest BCUT2D eigenvalue weighted by Gasteiger charge is -2.21. The predicted octanol–water partition coefficient (Wildman–Crippen LogP) is 4.88. The Labute approximate surface area is 201 Å². The molecule has 1 atom stereocenters. The fourth-order valence-corrected chi connectivity index (χ4v) is 4.93. The molecule has 7 nitrogen and oxygen atoms in total. The highest BCUT2D eigenvalue weighted by atomic mass is 19.1. The van der Waals surface area contributed by atoms with Gasteiger partial charge in [-0.05, 0) is 53.3 Å². The lowest BCUT2D eigenvalue weighted by atomic mass is 9.98. The number of ether oxygens (including phenoxy) is 1. The third-order valence-corrected chi connectivity index (χ3v) is 6.60. The average Bonchev–Trinajstić information content (AvgIpc) is 3.47. The van der Waals surface area contributed by atoms with Gasteiger partial charge in [-0.25, -0.2) is 14.0 Å². The first-order chi connectivity index (χ1) is 16.9. The van der Waals surface area contributed by atoms with E-state index in [4.69, 9.17) is 4.74 Å². The summed E-state index contributed by atoms with van der Waals surface area (Å²) in [4.78, 5) is 37.7. The monoisotopic (exact) mass is 474 g/mol. The molecule has 0 bridgehead atoms. The van der Waals surface area contributed by atoms with E-state index in [1.54, 1.807) is 0 Å². The Balaban J connectivity index is 1.25. The van der Waals surface area contributed by atoms with E-state index >= 15 is 0 Å². The van der Waals surface area contributed by atoms with E-state index in [0.29, 0.717) is 19.4 Å². The second-order valence-corrected chi connectivity index (χ2v) is 8.64. The number of carbonyl (C=O) groups is 3. The molecule has 2 amide bonds.